The van der Waals surface area contributed by atoms with Gasteiger partial charge in [-0.1, -0.05) is 23.5 Å². The van der Waals surface area contributed by atoms with Crippen LogP contribution in [0, 0.1) is 0 Å². The molecule has 8 nitrogen and oxygen atoms in total. The van der Waals surface area contributed by atoms with Crippen molar-refractivity contribution in [2.45, 2.75) is 16.4 Å². The normalized spacial score (nSPS) is 19.9. The van der Waals surface area contributed by atoms with E-state index in [0.717, 1.165) is 23.5 Å². The van der Waals surface area contributed by atoms with Gasteiger partial charge in [-0.15, -0.1) is 0 Å². The van der Waals surface area contributed by atoms with Gasteiger partial charge in [0, 0.05) is 12.7 Å². The lowest BCUT2D eigenvalue weighted by Crippen LogP contribution is -2.41. The maximum Gasteiger partial charge on any atom is 0.279 e. The first-order valence-corrected chi connectivity index (χ1v) is 9.54. The number of hydrazine groups is 1. The highest BCUT2D eigenvalue weighted by Gasteiger charge is 2.45. The first kappa shape index (κ1) is 17.5. The predicted octanol–water partition coefficient (Wildman–Crippen LogP) is 1.27. The summed E-state index contributed by atoms with van der Waals surface area (Å²) in [6.07, 6.45) is 0. The Balaban J connectivity index is 1.73. The van der Waals surface area contributed by atoms with Crippen LogP contribution in [0.2, 0.25) is 0 Å². The molecule has 0 aliphatic carbocycles. The van der Waals surface area contributed by atoms with Crippen LogP contribution in [0.4, 0.5) is 0 Å². The van der Waals surface area contributed by atoms with Gasteiger partial charge in [-0.3, -0.25) is 9.59 Å². The van der Waals surface area contributed by atoms with Gasteiger partial charge in [0.1, 0.15) is 17.1 Å². The first-order valence-electron chi connectivity index (χ1n) is 7.91. The molecular formula is C16H16N2O6S2. The van der Waals surface area contributed by atoms with E-state index in [4.69, 9.17) is 9.47 Å². The number of hydrogen-bond acceptors (Lipinski definition) is 8. The second kappa shape index (κ2) is 6.69. The summed E-state index contributed by atoms with van der Waals surface area (Å²) in [5, 5.41) is 23.5. The van der Waals surface area contributed by atoms with E-state index in [2.05, 4.69) is 0 Å². The maximum atomic E-state index is 12.8. The second-order valence-corrected chi connectivity index (χ2v) is 8.13. The second-order valence-electron chi connectivity index (χ2n) is 5.83. The number of aromatic hydroxyl groups is 2. The van der Waals surface area contributed by atoms with Gasteiger partial charge in [0.25, 0.3) is 11.8 Å². The Labute approximate surface area is 157 Å². The van der Waals surface area contributed by atoms with Gasteiger partial charge in [0.2, 0.25) is 0 Å². The third kappa shape index (κ3) is 2.64. The number of methoxy groups -OCH3 is 1. The van der Waals surface area contributed by atoms with E-state index >= 15 is 0 Å². The fourth-order valence-corrected chi connectivity index (χ4v) is 5.65. The fraction of sp³-hybridized carbons (Fsp3) is 0.375. The summed E-state index contributed by atoms with van der Waals surface area (Å²) in [6, 6.07) is 1.44. The van der Waals surface area contributed by atoms with Gasteiger partial charge >= 0.3 is 0 Å². The Morgan fingerprint density at radius 1 is 1.12 bits per heavy atom. The summed E-state index contributed by atoms with van der Waals surface area (Å²) in [4.78, 5) is 26.4. The number of nitrogens with zero attached hydrogens (tertiary/aromatic N) is 2. The molecule has 0 bridgehead atoms. The van der Waals surface area contributed by atoms with Crippen molar-refractivity contribution < 1.29 is 29.3 Å². The number of phenols is 2. The average Bonchev–Trinajstić information content (AvgIpc) is 3.02. The van der Waals surface area contributed by atoms with Gasteiger partial charge in [-0.05, 0) is 6.07 Å². The number of fused-ring (bicyclic) bond motifs is 2. The lowest BCUT2D eigenvalue weighted by atomic mass is 10.2. The quantitative estimate of drug-likeness (QED) is 0.438. The molecule has 138 valence electrons. The smallest absolute Gasteiger partial charge is 0.279 e. The zero-order valence-corrected chi connectivity index (χ0v) is 15.5. The fourth-order valence-electron chi connectivity index (χ4n) is 3.03. The molecule has 0 spiro atoms. The van der Waals surface area contributed by atoms with Crippen molar-refractivity contribution in [1.82, 2.24) is 10.0 Å². The third-order valence-electron chi connectivity index (χ3n) is 4.25. The minimum atomic E-state index is -0.376. The highest BCUT2D eigenvalue weighted by molar-refractivity contribution is 8.25. The van der Waals surface area contributed by atoms with Crippen molar-refractivity contribution in [2.24, 2.45) is 0 Å². The number of amides is 2. The van der Waals surface area contributed by atoms with Gasteiger partial charge in [-0.2, -0.15) is 0 Å². The number of ether oxygens (including phenoxy) is 2. The van der Waals surface area contributed by atoms with Crippen molar-refractivity contribution in [3.05, 3.63) is 21.4 Å². The first-order chi connectivity index (χ1) is 12.5. The molecule has 2 fully saturated rings. The Morgan fingerprint density at radius 3 is 2.35 bits per heavy atom. The standard InChI is InChI=1S/C16H16N2O6S2/c1-23-7-8-6-9(19)12-13(11(8)20)26-16(25-12)10-14(21)17-2-4-24-5-3-18(17)15(10)22/h6,19-20H,2-5,7H2,1H3. The molecule has 3 heterocycles. The molecule has 3 aliphatic rings. The average molecular weight is 396 g/mol. The number of carbonyl (C=O) groups excluding carboxylic acids is 2. The molecule has 2 amide bonds. The van der Waals surface area contributed by atoms with Crippen molar-refractivity contribution >= 4 is 35.3 Å². The Kier molecular flexibility index (Phi) is 4.51. The number of rotatable bonds is 2. The van der Waals surface area contributed by atoms with Crippen LogP contribution in [0.5, 0.6) is 11.5 Å². The van der Waals surface area contributed by atoms with Crippen molar-refractivity contribution in [1.29, 1.82) is 0 Å². The zero-order valence-electron chi connectivity index (χ0n) is 13.9. The minimum absolute atomic E-state index is 0.00567. The highest BCUT2D eigenvalue weighted by Crippen LogP contribution is 2.59. The third-order valence-corrected chi connectivity index (χ3v) is 6.87. The van der Waals surface area contributed by atoms with Crippen LogP contribution < -0.4 is 0 Å². The van der Waals surface area contributed by atoms with Crippen molar-refractivity contribution in [3.63, 3.8) is 0 Å². The molecule has 2 saturated heterocycles. The summed E-state index contributed by atoms with van der Waals surface area (Å²) in [7, 11) is 1.49. The highest BCUT2D eigenvalue weighted by atomic mass is 32.2. The number of hydrogen-bond donors (Lipinski definition) is 2. The zero-order chi connectivity index (χ0) is 18.4. The molecule has 0 saturated carbocycles. The van der Waals surface area contributed by atoms with E-state index in [0.29, 0.717) is 45.9 Å². The summed E-state index contributed by atoms with van der Waals surface area (Å²) in [5.74, 6) is -0.772. The van der Waals surface area contributed by atoms with Crippen LogP contribution in [0.15, 0.2) is 25.7 Å². The van der Waals surface area contributed by atoms with E-state index < -0.39 is 0 Å². The maximum absolute atomic E-state index is 12.8. The molecule has 10 heteroatoms. The molecule has 0 radical (unpaired) electrons. The molecule has 1 aromatic carbocycles. The van der Waals surface area contributed by atoms with Crippen molar-refractivity contribution in [2.75, 3.05) is 33.4 Å². The van der Waals surface area contributed by atoms with Gasteiger partial charge in [-0.25, -0.2) is 10.0 Å². The van der Waals surface area contributed by atoms with Crippen LogP contribution in [-0.2, 0) is 25.7 Å². The number of phenolic OH excluding ortho intramolecular Hbond substituents is 2. The van der Waals surface area contributed by atoms with E-state index in [1.54, 1.807) is 0 Å². The molecule has 1 aromatic rings. The lowest BCUT2D eigenvalue weighted by Gasteiger charge is -2.23. The molecule has 4 rings (SSSR count). The monoisotopic (exact) mass is 396 g/mol. The van der Waals surface area contributed by atoms with Crippen molar-refractivity contribution in [3.8, 4) is 11.5 Å². The molecule has 26 heavy (non-hydrogen) atoms. The van der Waals surface area contributed by atoms with Crippen LogP contribution in [0.1, 0.15) is 5.56 Å². The lowest BCUT2D eigenvalue weighted by molar-refractivity contribution is -0.145. The number of benzene rings is 1. The molecule has 0 unspecified atom stereocenters. The van der Waals surface area contributed by atoms with Gasteiger partial charge in [0.15, 0.2) is 0 Å². The Bertz CT molecular complexity index is 815. The summed E-state index contributed by atoms with van der Waals surface area (Å²) in [6.45, 7) is 1.53. The SMILES string of the molecule is COCc1cc(O)c2c(c1O)SC(=C1C(=O)N3CCOCCN3C1=O)S2. The largest absolute Gasteiger partial charge is 0.507 e. The number of carbonyl (C=O) groups is 2. The minimum Gasteiger partial charge on any atom is -0.507 e. The van der Waals surface area contributed by atoms with E-state index in [1.165, 1.54) is 23.2 Å². The topological polar surface area (TPSA) is 99.5 Å². The van der Waals surface area contributed by atoms with E-state index in [1.807, 2.05) is 0 Å². The predicted molar refractivity (Wildman–Crippen MR) is 93.5 cm³/mol. The summed E-state index contributed by atoms with van der Waals surface area (Å²) in [5.41, 5.74) is 0.521. The molecular weight excluding hydrogens is 380 g/mol. The van der Waals surface area contributed by atoms with Crippen LogP contribution in [0.3, 0.4) is 0 Å². The van der Waals surface area contributed by atoms with Crippen LogP contribution in [-0.4, -0.2) is 65.5 Å². The van der Waals surface area contributed by atoms with Gasteiger partial charge in [0.05, 0.1) is 46.9 Å². The van der Waals surface area contributed by atoms with Gasteiger partial charge < -0.3 is 19.7 Å². The Morgan fingerprint density at radius 2 is 1.73 bits per heavy atom. The molecule has 2 N–H and O–H groups in total. The summed E-state index contributed by atoms with van der Waals surface area (Å²) >= 11 is 2.25. The van der Waals surface area contributed by atoms with E-state index in [-0.39, 0.29) is 35.5 Å². The van der Waals surface area contributed by atoms with Crippen LogP contribution >= 0.6 is 23.5 Å². The van der Waals surface area contributed by atoms with E-state index in [9.17, 15) is 19.8 Å². The molecule has 0 aromatic heterocycles. The molecule has 3 aliphatic heterocycles. The van der Waals surface area contributed by atoms with Crippen LogP contribution in [0.25, 0.3) is 0 Å². The number of thioether (sulfide) groups is 2. The summed E-state index contributed by atoms with van der Waals surface area (Å²) < 4.78 is 10.8. The Hall–Kier alpha value is -1.88. The molecule has 0 atom stereocenters.